The molecule has 354 valence electrons. The van der Waals surface area contributed by atoms with Gasteiger partial charge in [-0.25, -0.2) is 9.59 Å². The number of rotatable bonds is 13. The largest absolute Gasteiger partial charge is 0.491 e. The van der Waals surface area contributed by atoms with Gasteiger partial charge in [-0.05, 0) is 131 Å². The first-order valence-corrected chi connectivity index (χ1v) is 23.6. The maximum Gasteiger partial charge on any atom is 0.410 e. The van der Waals surface area contributed by atoms with Gasteiger partial charge in [0.25, 0.3) is 0 Å². The van der Waals surface area contributed by atoms with Crippen LogP contribution in [0.3, 0.4) is 0 Å². The number of piperidine rings is 2. The number of ether oxygens (including phenoxy) is 6. The van der Waals surface area contributed by atoms with E-state index in [1.54, 1.807) is 14.2 Å². The number of amides is 2. The smallest absolute Gasteiger partial charge is 0.410 e. The lowest BCUT2D eigenvalue weighted by Crippen LogP contribution is -2.47. The Kier molecular flexibility index (Phi) is 17.0. The highest BCUT2D eigenvalue weighted by Crippen LogP contribution is 2.44. The Morgan fingerprint density at radius 1 is 0.561 bits per heavy atom. The van der Waals surface area contributed by atoms with E-state index in [-0.39, 0.29) is 23.0 Å². The quantitative estimate of drug-likeness (QED) is 0.115. The van der Waals surface area contributed by atoms with Crippen LogP contribution in [0.15, 0.2) is 114 Å². The van der Waals surface area contributed by atoms with Crippen LogP contribution in [-0.4, -0.2) is 110 Å². The van der Waals surface area contributed by atoms with Gasteiger partial charge in [0.2, 0.25) is 0 Å². The summed E-state index contributed by atoms with van der Waals surface area (Å²) in [6, 6.07) is 33.9. The van der Waals surface area contributed by atoms with Crippen molar-refractivity contribution in [3.05, 3.63) is 136 Å². The molecule has 1 N–H and O–H groups in total. The van der Waals surface area contributed by atoms with Gasteiger partial charge in [-0.15, -0.1) is 0 Å². The van der Waals surface area contributed by atoms with Crippen LogP contribution < -0.4 is 9.47 Å². The summed E-state index contributed by atoms with van der Waals surface area (Å²) >= 11 is 3.54. The summed E-state index contributed by atoms with van der Waals surface area (Å²) in [5.41, 5.74) is 5.75. The third-order valence-electron chi connectivity index (χ3n) is 12.1. The van der Waals surface area contributed by atoms with Gasteiger partial charge in [0.1, 0.15) is 35.9 Å². The number of nitrogens with zero attached hydrogens (tertiary/aromatic N) is 3. The van der Waals surface area contributed by atoms with Crippen molar-refractivity contribution in [3.8, 4) is 22.6 Å². The van der Waals surface area contributed by atoms with Crippen molar-refractivity contribution in [2.45, 2.75) is 89.3 Å². The normalized spacial score (nSPS) is 15.8. The van der Waals surface area contributed by atoms with E-state index in [4.69, 9.17) is 28.4 Å². The highest BCUT2D eigenvalue weighted by Gasteiger charge is 2.41. The number of nitrogens with one attached hydrogen (secondary N) is 1. The second-order valence-electron chi connectivity index (χ2n) is 18.9. The number of H-pyrrole nitrogens is 1. The van der Waals surface area contributed by atoms with Crippen molar-refractivity contribution in [1.29, 1.82) is 0 Å². The molecule has 0 spiro atoms. The van der Waals surface area contributed by atoms with E-state index in [1.807, 2.05) is 88.0 Å². The van der Waals surface area contributed by atoms with Crippen LogP contribution in [0.25, 0.3) is 11.1 Å². The zero-order chi connectivity index (χ0) is 47.4. The van der Waals surface area contributed by atoms with E-state index in [2.05, 4.69) is 98.9 Å². The summed E-state index contributed by atoms with van der Waals surface area (Å²) in [5.74, 6) is 1.65. The predicted octanol–water partition coefficient (Wildman–Crippen LogP) is 11.2. The van der Waals surface area contributed by atoms with Crippen LogP contribution in [0, 0.1) is 0 Å². The maximum atomic E-state index is 12.7. The average molecular weight is 968 g/mol. The highest BCUT2D eigenvalue weighted by molar-refractivity contribution is 9.10. The maximum absolute atomic E-state index is 12.7. The van der Waals surface area contributed by atoms with Crippen LogP contribution in [0.5, 0.6) is 11.5 Å². The van der Waals surface area contributed by atoms with Gasteiger partial charge < -0.3 is 38.2 Å². The third-order valence-corrected chi connectivity index (χ3v) is 12.7. The van der Waals surface area contributed by atoms with Gasteiger partial charge in [-0.1, -0.05) is 76.6 Å². The van der Waals surface area contributed by atoms with Crippen LogP contribution in [0.4, 0.5) is 9.59 Å². The fourth-order valence-corrected chi connectivity index (χ4v) is 8.93. The van der Waals surface area contributed by atoms with Gasteiger partial charge in [0.05, 0.1) is 19.4 Å². The van der Waals surface area contributed by atoms with Crippen LogP contribution in [0.2, 0.25) is 0 Å². The molecule has 66 heavy (non-hydrogen) atoms. The minimum absolute atomic E-state index is 0.162. The molecule has 0 unspecified atom stereocenters. The Balaban J connectivity index is 0.000000220. The van der Waals surface area contributed by atoms with Gasteiger partial charge in [-0.2, -0.15) is 5.10 Å². The molecule has 1 aromatic heterocycles. The number of aromatic nitrogens is 2. The number of carbonyl (C=O) groups is 2. The summed E-state index contributed by atoms with van der Waals surface area (Å²) in [6.07, 6.45) is 6.51. The number of methoxy groups -OCH3 is 2. The third kappa shape index (κ3) is 13.2. The zero-order valence-electron chi connectivity index (χ0n) is 39.9. The van der Waals surface area contributed by atoms with Gasteiger partial charge in [0, 0.05) is 67.5 Å². The number of benzene rings is 4. The van der Waals surface area contributed by atoms with Crippen molar-refractivity contribution >= 4 is 28.1 Å². The van der Waals surface area contributed by atoms with Crippen molar-refractivity contribution in [2.75, 3.05) is 66.8 Å². The molecule has 0 atom stereocenters. The van der Waals surface area contributed by atoms with E-state index in [9.17, 15) is 9.59 Å². The SMILES string of the molecule is COCCOc1ccc(C2(c3ccc(-c4cn[nH]c4)cc3)CCN(C(=O)OC(C)(C)C)CC2)cc1.COCCOc1ccc(C2(c3ccc(Br)cc3)CCN(C(=O)OC(C)(C)C)CC2)cc1. The molecule has 5 aromatic rings. The van der Waals surface area contributed by atoms with Crippen molar-refractivity contribution in [3.63, 3.8) is 0 Å². The van der Waals surface area contributed by atoms with E-state index < -0.39 is 11.2 Å². The summed E-state index contributed by atoms with van der Waals surface area (Å²) < 4.78 is 33.9. The standard InChI is InChI=1S/C28H35N3O4.C25H32BrNO4/c1-27(2,3)35-26(32)31-15-13-28(14-16-31,24-9-11-25(12-10-24)34-18-17-33-4)23-7-5-21(6-8-23)22-19-29-30-20-22;1-24(2,3)31-23(28)27-15-13-25(14-16-27,19-5-9-21(26)10-6-19)20-7-11-22(12-8-20)30-18-17-29-4/h5-12,19-20H,13-18H2,1-4H3,(H,29,30);5-12H,13-18H2,1-4H3. The minimum Gasteiger partial charge on any atom is -0.491 e. The molecule has 13 heteroatoms. The Labute approximate surface area is 399 Å². The molecule has 4 aromatic carbocycles. The van der Waals surface area contributed by atoms with Crippen molar-refractivity contribution in [1.82, 2.24) is 20.0 Å². The molecular weight excluding hydrogens is 901 g/mol. The van der Waals surface area contributed by atoms with Gasteiger partial charge in [0.15, 0.2) is 0 Å². The summed E-state index contributed by atoms with van der Waals surface area (Å²) in [7, 11) is 3.33. The Morgan fingerprint density at radius 2 is 0.924 bits per heavy atom. The van der Waals surface area contributed by atoms with Crippen molar-refractivity contribution < 1.29 is 38.0 Å². The zero-order valence-corrected chi connectivity index (χ0v) is 41.4. The van der Waals surface area contributed by atoms with E-state index in [0.29, 0.717) is 52.6 Å². The van der Waals surface area contributed by atoms with E-state index >= 15 is 0 Å². The first-order valence-electron chi connectivity index (χ1n) is 22.8. The molecule has 2 fully saturated rings. The number of hydrogen-bond acceptors (Lipinski definition) is 9. The van der Waals surface area contributed by atoms with E-state index in [0.717, 1.165) is 52.8 Å². The first-order chi connectivity index (χ1) is 31.5. The molecule has 0 saturated carbocycles. The first kappa shape index (κ1) is 50.1. The second-order valence-corrected chi connectivity index (χ2v) is 19.8. The molecule has 2 saturated heterocycles. The number of halogens is 1. The number of carbonyl (C=O) groups excluding carboxylic acids is 2. The highest BCUT2D eigenvalue weighted by atomic mass is 79.9. The molecule has 7 rings (SSSR count). The lowest BCUT2D eigenvalue weighted by atomic mass is 9.68. The summed E-state index contributed by atoms with van der Waals surface area (Å²) in [6.45, 7) is 16.1. The predicted molar refractivity (Wildman–Crippen MR) is 261 cm³/mol. The molecule has 0 aliphatic carbocycles. The fourth-order valence-electron chi connectivity index (χ4n) is 8.67. The Bertz CT molecular complexity index is 2250. The monoisotopic (exact) mass is 966 g/mol. The summed E-state index contributed by atoms with van der Waals surface area (Å²) in [5, 5.41) is 6.94. The fraction of sp³-hybridized carbons (Fsp3) is 0.453. The van der Waals surface area contributed by atoms with Gasteiger partial charge >= 0.3 is 12.2 Å². The van der Waals surface area contributed by atoms with Crippen molar-refractivity contribution in [2.24, 2.45) is 0 Å². The molecule has 2 aliphatic rings. The van der Waals surface area contributed by atoms with E-state index in [1.165, 1.54) is 22.3 Å². The molecule has 2 amide bonds. The van der Waals surface area contributed by atoms with Crippen LogP contribution in [-0.2, 0) is 29.8 Å². The lowest BCUT2D eigenvalue weighted by Gasteiger charge is -2.43. The Hall–Kier alpha value is -5.37. The topological polar surface area (TPSA) is 125 Å². The van der Waals surface area contributed by atoms with Crippen LogP contribution in [0.1, 0.15) is 89.5 Å². The van der Waals surface area contributed by atoms with Gasteiger partial charge in [-0.3, -0.25) is 5.10 Å². The molecule has 3 heterocycles. The lowest BCUT2D eigenvalue weighted by molar-refractivity contribution is 0.0169. The summed E-state index contributed by atoms with van der Waals surface area (Å²) in [4.78, 5) is 28.9. The molecule has 12 nitrogen and oxygen atoms in total. The second kappa shape index (κ2) is 22.4. The molecular formula is C53H67BrN4O8. The minimum atomic E-state index is -0.507. The number of hydrogen-bond donors (Lipinski definition) is 1. The molecule has 2 aliphatic heterocycles. The Morgan fingerprint density at radius 3 is 1.26 bits per heavy atom. The van der Waals surface area contributed by atoms with Crippen LogP contribution >= 0.6 is 15.9 Å². The molecule has 0 radical (unpaired) electrons. The average Bonchev–Trinajstić information content (AvgIpc) is 3.85. The number of likely N-dealkylation sites (tertiary alicyclic amines) is 2. The number of aromatic amines is 1. The molecule has 0 bridgehead atoms.